The van der Waals surface area contributed by atoms with Gasteiger partial charge in [-0.1, -0.05) is 31.5 Å². The lowest BCUT2D eigenvalue weighted by atomic mass is 9.81. The lowest BCUT2D eigenvalue weighted by molar-refractivity contribution is -0.130. The predicted octanol–water partition coefficient (Wildman–Crippen LogP) is 2.13. The van der Waals surface area contributed by atoms with Gasteiger partial charge in [0, 0.05) is 13.1 Å². The zero-order valence-electron chi connectivity index (χ0n) is 13.1. The fourth-order valence-electron chi connectivity index (χ4n) is 3.15. The van der Waals surface area contributed by atoms with Gasteiger partial charge in [-0.15, -0.1) is 0 Å². The molecule has 0 saturated carbocycles. The molecule has 116 valence electrons. The van der Waals surface area contributed by atoms with Crippen LogP contribution in [-0.4, -0.2) is 32.7 Å². The first-order valence-corrected chi connectivity index (χ1v) is 7.83. The number of amides is 1. The number of nitrogens with one attached hydrogen (secondary N) is 2. The van der Waals surface area contributed by atoms with Gasteiger partial charge in [-0.25, -0.2) is 0 Å². The number of carbonyl (C=O) groups is 1. The minimum Gasteiger partial charge on any atom is -0.496 e. The van der Waals surface area contributed by atoms with E-state index in [-0.39, 0.29) is 11.3 Å². The maximum Gasteiger partial charge on any atom is 0.227 e. The SMILES string of the molecule is CCCC1(C(=O)NCCc2ccccc2OC)CCNC1. The molecular formula is C17H26N2O2. The van der Waals surface area contributed by atoms with Crippen molar-refractivity contribution in [2.24, 2.45) is 5.41 Å². The van der Waals surface area contributed by atoms with Crippen LogP contribution in [0.1, 0.15) is 31.7 Å². The molecule has 1 aliphatic rings. The van der Waals surface area contributed by atoms with Crippen LogP contribution in [0.25, 0.3) is 0 Å². The molecule has 1 unspecified atom stereocenters. The Labute approximate surface area is 127 Å². The topological polar surface area (TPSA) is 50.4 Å². The first-order chi connectivity index (χ1) is 10.2. The van der Waals surface area contributed by atoms with Crippen LogP contribution in [-0.2, 0) is 11.2 Å². The molecule has 4 heteroatoms. The van der Waals surface area contributed by atoms with Crippen molar-refractivity contribution in [2.45, 2.75) is 32.6 Å². The van der Waals surface area contributed by atoms with Gasteiger partial charge in [0.15, 0.2) is 0 Å². The largest absolute Gasteiger partial charge is 0.496 e. The van der Waals surface area contributed by atoms with Gasteiger partial charge in [0.2, 0.25) is 5.91 Å². The van der Waals surface area contributed by atoms with E-state index >= 15 is 0 Å². The second-order valence-corrected chi connectivity index (χ2v) is 5.77. The monoisotopic (exact) mass is 290 g/mol. The predicted molar refractivity (Wildman–Crippen MR) is 84.5 cm³/mol. The van der Waals surface area contributed by atoms with E-state index in [0.29, 0.717) is 6.54 Å². The summed E-state index contributed by atoms with van der Waals surface area (Å²) in [5.74, 6) is 1.09. The van der Waals surface area contributed by atoms with E-state index in [2.05, 4.69) is 17.6 Å². The second kappa shape index (κ2) is 7.46. The zero-order chi connectivity index (χ0) is 15.1. The van der Waals surface area contributed by atoms with E-state index in [1.165, 1.54) is 0 Å². The Morgan fingerprint density at radius 1 is 1.43 bits per heavy atom. The Kier molecular flexibility index (Phi) is 5.62. The average molecular weight is 290 g/mol. The van der Waals surface area contributed by atoms with Crippen LogP contribution in [0.2, 0.25) is 0 Å². The molecule has 1 saturated heterocycles. The lowest BCUT2D eigenvalue weighted by Gasteiger charge is -2.26. The molecule has 0 aliphatic carbocycles. The van der Waals surface area contributed by atoms with Crippen LogP contribution in [0.15, 0.2) is 24.3 Å². The highest BCUT2D eigenvalue weighted by Crippen LogP contribution is 2.31. The van der Waals surface area contributed by atoms with Crippen molar-refractivity contribution in [1.82, 2.24) is 10.6 Å². The minimum absolute atomic E-state index is 0.198. The molecule has 0 aromatic heterocycles. The third-order valence-electron chi connectivity index (χ3n) is 4.33. The number of hydrogen-bond acceptors (Lipinski definition) is 3. The Bertz CT molecular complexity index is 468. The van der Waals surface area contributed by atoms with E-state index in [9.17, 15) is 4.79 Å². The van der Waals surface area contributed by atoms with Crippen molar-refractivity contribution in [1.29, 1.82) is 0 Å². The fourth-order valence-corrected chi connectivity index (χ4v) is 3.15. The summed E-state index contributed by atoms with van der Waals surface area (Å²) in [6.45, 7) is 4.55. The number of ether oxygens (including phenoxy) is 1. The summed E-state index contributed by atoms with van der Waals surface area (Å²) in [6, 6.07) is 7.96. The maximum absolute atomic E-state index is 12.5. The quantitative estimate of drug-likeness (QED) is 0.809. The summed E-state index contributed by atoms with van der Waals surface area (Å²) in [5, 5.41) is 6.44. The average Bonchev–Trinajstić information content (AvgIpc) is 2.98. The lowest BCUT2D eigenvalue weighted by Crippen LogP contribution is -2.43. The maximum atomic E-state index is 12.5. The van der Waals surface area contributed by atoms with Crippen molar-refractivity contribution in [2.75, 3.05) is 26.7 Å². The molecule has 1 atom stereocenters. The summed E-state index contributed by atoms with van der Waals surface area (Å²) in [7, 11) is 1.68. The standard InChI is InChI=1S/C17H26N2O2/c1-3-9-17(10-12-18-13-17)16(20)19-11-8-14-6-4-5-7-15(14)21-2/h4-7,18H,3,8-13H2,1-2H3,(H,19,20). The molecule has 0 radical (unpaired) electrons. The number of carbonyl (C=O) groups excluding carboxylic acids is 1. The number of rotatable bonds is 7. The van der Waals surface area contributed by atoms with Gasteiger partial charge >= 0.3 is 0 Å². The van der Waals surface area contributed by atoms with Gasteiger partial charge in [-0.05, 0) is 37.4 Å². The van der Waals surface area contributed by atoms with E-state index in [4.69, 9.17) is 4.74 Å². The third-order valence-corrected chi connectivity index (χ3v) is 4.33. The summed E-state index contributed by atoms with van der Waals surface area (Å²) in [4.78, 5) is 12.5. The van der Waals surface area contributed by atoms with Gasteiger partial charge in [0.05, 0.1) is 12.5 Å². The van der Waals surface area contributed by atoms with Crippen molar-refractivity contribution in [3.8, 4) is 5.75 Å². The van der Waals surface area contributed by atoms with E-state index in [0.717, 1.165) is 50.1 Å². The van der Waals surface area contributed by atoms with Crippen LogP contribution in [0.4, 0.5) is 0 Å². The van der Waals surface area contributed by atoms with Gasteiger partial charge in [0.25, 0.3) is 0 Å². The summed E-state index contributed by atoms with van der Waals surface area (Å²) in [5.41, 5.74) is 0.935. The second-order valence-electron chi connectivity index (χ2n) is 5.77. The first-order valence-electron chi connectivity index (χ1n) is 7.83. The number of para-hydroxylation sites is 1. The summed E-state index contributed by atoms with van der Waals surface area (Å²) < 4.78 is 5.34. The van der Waals surface area contributed by atoms with Crippen LogP contribution < -0.4 is 15.4 Å². The zero-order valence-corrected chi connectivity index (χ0v) is 13.1. The highest BCUT2D eigenvalue weighted by atomic mass is 16.5. The van der Waals surface area contributed by atoms with Gasteiger partial charge < -0.3 is 15.4 Å². The van der Waals surface area contributed by atoms with Crippen molar-refractivity contribution in [3.05, 3.63) is 29.8 Å². The van der Waals surface area contributed by atoms with Crippen LogP contribution in [0, 0.1) is 5.41 Å². The molecule has 1 heterocycles. The molecule has 2 rings (SSSR count). The molecule has 1 aromatic carbocycles. The van der Waals surface area contributed by atoms with Gasteiger partial charge in [0.1, 0.15) is 5.75 Å². The number of hydrogen-bond donors (Lipinski definition) is 2. The van der Waals surface area contributed by atoms with Crippen LogP contribution in [0.3, 0.4) is 0 Å². The Hall–Kier alpha value is -1.55. The van der Waals surface area contributed by atoms with Crippen molar-refractivity contribution < 1.29 is 9.53 Å². The Morgan fingerprint density at radius 2 is 2.24 bits per heavy atom. The highest BCUT2D eigenvalue weighted by Gasteiger charge is 2.39. The highest BCUT2D eigenvalue weighted by molar-refractivity contribution is 5.83. The molecule has 4 nitrogen and oxygen atoms in total. The van der Waals surface area contributed by atoms with Gasteiger partial charge in [-0.2, -0.15) is 0 Å². The van der Waals surface area contributed by atoms with E-state index < -0.39 is 0 Å². The smallest absolute Gasteiger partial charge is 0.227 e. The number of benzene rings is 1. The van der Waals surface area contributed by atoms with E-state index in [1.807, 2.05) is 24.3 Å². The van der Waals surface area contributed by atoms with Crippen molar-refractivity contribution >= 4 is 5.91 Å². The van der Waals surface area contributed by atoms with Crippen LogP contribution in [0.5, 0.6) is 5.75 Å². The molecule has 21 heavy (non-hydrogen) atoms. The van der Waals surface area contributed by atoms with Gasteiger partial charge in [-0.3, -0.25) is 4.79 Å². The van der Waals surface area contributed by atoms with Crippen molar-refractivity contribution in [3.63, 3.8) is 0 Å². The third kappa shape index (κ3) is 3.76. The Morgan fingerprint density at radius 3 is 2.90 bits per heavy atom. The number of methoxy groups -OCH3 is 1. The molecule has 0 bridgehead atoms. The molecule has 1 amide bonds. The van der Waals surface area contributed by atoms with Crippen LogP contribution >= 0.6 is 0 Å². The molecule has 1 fully saturated rings. The molecular weight excluding hydrogens is 264 g/mol. The summed E-state index contributed by atoms with van der Waals surface area (Å²) in [6.07, 6.45) is 3.74. The molecule has 1 aromatic rings. The molecule has 0 spiro atoms. The summed E-state index contributed by atoms with van der Waals surface area (Å²) >= 11 is 0. The normalized spacial score (nSPS) is 21.2. The molecule has 2 N–H and O–H groups in total. The fraction of sp³-hybridized carbons (Fsp3) is 0.588. The molecule has 1 aliphatic heterocycles. The van der Waals surface area contributed by atoms with E-state index in [1.54, 1.807) is 7.11 Å². The first kappa shape index (κ1) is 15.8. The Balaban J connectivity index is 1.89. The minimum atomic E-state index is -0.199.